The molecule has 0 aliphatic carbocycles. The van der Waals surface area contributed by atoms with Crippen molar-refractivity contribution in [2.75, 3.05) is 25.1 Å². The maximum atomic E-state index is 14.8. The highest BCUT2D eigenvalue weighted by Gasteiger charge is 2.26. The van der Waals surface area contributed by atoms with E-state index in [1.165, 1.54) is 37.6 Å². The predicted octanol–water partition coefficient (Wildman–Crippen LogP) is 4.68. The number of carbonyl (C=O) groups excluding carboxylic acids is 1. The lowest BCUT2D eigenvalue weighted by Gasteiger charge is -2.34. The second-order valence-electron chi connectivity index (χ2n) is 10.6. The fourth-order valence-electron chi connectivity index (χ4n) is 5.39. The van der Waals surface area contributed by atoms with Crippen LogP contribution in [0.1, 0.15) is 35.1 Å². The highest BCUT2D eigenvalue weighted by Crippen LogP contribution is 2.40. The first kappa shape index (κ1) is 31.6. The van der Waals surface area contributed by atoms with Crippen LogP contribution >= 0.6 is 0 Å². The van der Waals surface area contributed by atoms with E-state index in [-0.39, 0.29) is 28.8 Å². The quantitative estimate of drug-likeness (QED) is 0.117. The van der Waals surface area contributed by atoms with Crippen LogP contribution < -0.4 is 20.4 Å². The van der Waals surface area contributed by atoms with Crippen molar-refractivity contribution >= 4 is 17.8 Å². The van der Waals surface area contributed by atoms with Crippen LogP contribution in [0.5, 0.6) is 11.6 Å². The Morgan fingerprint density at radius 1 is 1.09 bits per heavy atom. The van der Waals surface area contributed by atoms with Gasteiger partial charge in [-0.2, -0.15) is 10.5 Å². The summed E-state index contributed by atoms with van der Waals surface area (Å²) in [4.78, 5) is 22.0. The molecule has 1 amide bonds. The molecule has 12 heteroatoms. The third kappa shape index (κ3) is 6.94. The van der Waals surface area contributed by atoms with Gasteiger partial charge in [-0.3, -0.25) is 10.0 Å². The van der Waals surface area contributed by atoms with Crippen molar-refractivity contribution in [3.8, 4) is 46.0 Å². The number of nitrogens with one attached hydrogen (secondary N) is 2. The molecule has 5 rings (SSSR count). The van der Waals surface area contributed by atoms with Gasteiger partial charge in [-0.25, -0.2) is 19.8 Å². The van der Waals surface area contributed by atoms with Gasteiger partial charge >= 0.3 is 0 Å². The zero-order valence-corrected chi connectivity index (χ0v) is 24.9. The number of carbonyl (C=O) groups is 1. The summed E-state index contributed by atoms with van der Waals surface area (Å²) >= 11 is 0. The Balaban J connectivity index is 1.36. The largest absolute Gasteiger partial charge is 0.503 e. The summed E-state index contributed by atoms with van der Waals surface area (Å²) in [6, 6.07) is 17.7. The van der Waals surface area contributed by atoms with Crippen LogP contribution in [0.4, 0.5) is 10.2 Å². The molecule has 1 fully saturated rings. The van der Waals surface area contributed by atoms with Gasteiger partial charge in [-0.1, -0.05) is 30.3 Å². The van der Waals surface area contributed by atoms with Gasteiger partial charge in [-0.05, 0) is 53.8 Å². The van der Waals surface area contributed by atoms with E-state index in [0.29, 0.717) is 47.7 Å². The normalized spacial score (nSPS) is 13.3. The molecule has 0 spiro atoms. The van der Waals surface area contributed by atoms with E-state index in [4.69, 9.17) is 9.94 Å². The summed E-state index contributed by atoms with van der Waals surface area (Å²) in [6.07, 6.45) is 7.51. The SMILES string of the molecule is COc1ncc(-c2cnc(N3CCC(NCc4ccc(/C=C/C(=O)NO)cc4)CC3)c(C#N)c2-c2ccc(C#N)c(F)c2)cc1O. The van der Waals surface area contributed by atoms with E-state index in [2.05, 4.69) is 21.4 Å². The first-order valence-electron chi connectivity index (χ1n) is 14.4. The summed E-state index contributed by atoms with van der Waals surface area (Å²) in [5.41, 5.74) is 5.31. The average Bonchev–Trinajstić information content (AvgIpc) is 3.09. The van der Waals surface area contributed by atoms with Gasteiger partial charge in [0.2, 0.25) is 0 Å². The molecule has 2 aromatic heterocycles. The molecule has 2 aromatic carbocycles. The van der Waals surface area contributed by atoms with Crippen LogP contribution in [0.15, 0.2) is 67.0 Å². The number of methoxy groups -OCH3 is 1. The number of aromatic nitrogens is 2. The molecule has 46 heavy (non-hydrogen) atoms. The van der Waals surface area contributed by atoms with Crippen molar-refractivity contribution in [1.29, 1.82) is 10.5 Å². The number of amides is 1. The van der Waals surface area contributed by atoms with Gasteiger partial charge in [0, 0.05) is 60.8 Å². The summed E-state index contributed by atoms with van der Waals surface area (Å²) in [5, 5.41) is 42.3. The summed E-state index contributed by atoms with van der Waals surface area (Å²) < 4.78 is 19.9. The standard InChI is InChI=1S/C34H30FN7O4/c1-46-34-30(43)15-25(19-40-34)28-20-39-33(27(17-37)32(28)23-7-8-24(16-36)29(35)14-23)42-12-10-26(11-13-42)38-18-22-4-2-21(3-5-22)6-9-31(44)41-45/h2-9,14-15,19-20,26,38,43,45H,10-13,18H2,1H3,(H,41,44)/b9-6+. The highest BCUT2D eigenvalue weighted by atomic mass is 19.1. The third-order valence-corrected chi connectivity index (χ3v) is 7.79. The summed E-state index contributed by atoms with van der Waals surface area (Å²) in [5.74, 6) is -1.01. The van der Waals surface area contributed by atoms with Crippen LogP contribution in [0, 0.1) is 28.5 Å². The minimum absolute atomic E-state index is 0.0372. The molecule has 0 bridgehead atoms. The second-order valence-corrected chi connectivity index (χ2v) is 10.6. The minimum atomic E-state index is -0.712. The number of hydroxylamine groups is 1. The Labute approximate surface area is 264 Å². The van der Waals surface area contributed by atoms with E-state index in [9.17, 15) is 24.8 Å². The molecule has 1 saturated heterocycles. The topological polar surface area (TPSA) is 167 Å². The Morgan fingerprint density at radius 2 is 1.85 bits per heavy atom. The summed E-state index contributed by atoms with van der Waals surface area (Å²) in [6.45, 7) is 1.90. The van der Waals surface area contributed by atoms with Crippen molar-refractivity contribution in [2.45, 2.75) is 25.4 Å². The molecule has 11 nitrogen and oxygen atoms in total. The zero-order valence-electron chi connectivity index (χ0n) is 24.9. The Morgan fingerprint density at radius 3 is 2.48 bits per heavy atom. The number of pyridine rings is 2. The number of nitrogens with zero attached hydrogens (tertiary/aromatic N) is 5. The van der Waals surface area contributed by atoms with Gasteiger partial charge in [0.15, 0.2) is 5.75 Å². The van der Waals surface area contributed by atoms with Gasteiger partial charge in [0.25, 0.3) is 11.8 Å². The third-order valence-electron chi connectivity index (χ3n) is 7.79. The molecular weight excluding hydrogens is 589 g/mol. The Bertz CT molecular complexity index is 1860. The molecule has 1 aliphatic heterocycles. The second kappa shape index (κ2) is 14.3. The van der Waals surface area contributed by atoms with E-state index in [0.717, 1.165) is 24.0 Å². The van der Waals surface area contributed by atoms with Crippen LogP contribution in [-0.4, -0.2) is 52.4 Å². The lowest BCUT2D eigenvalue weighted by Crippen LogP contribution is -2.42. The smallest absolute Gasteiger partial charge is 0.267 e. The maximum absolute atomic E-state index is 14.8. The number of piperidine rings is 1. The van der Waals surface area contributed by atoms with Crippen molar-refractivity contribution in [3.05, 3.63) is 95.1 Å². The fourth-order valence-corrected chi connectivity index (χ4v) is 5.39. The van der Waals surface area contributed by atoms with Crippen molar-refractivity contribution in [1.82, 2.24) is 20.8 Å². The molecule has 1 aliphatic rings. The average molecular weight is 620 g/mol. The number of benzene rings is 2. The molecule has 0 saturated carbocycles. The number of hydrogen-bond acceptors (Lipinski definition) is 10. The van der Waals surface area contributed by atoms with Crippen molar-refractivity contribution < 1.29 is 24.2 Å². The van der Waals surface area contributed by atoms with Crippen molar-refractivity contribution in [2.24, 2.45) is 0 Å². The minimum Gasteiger partial charge on any atom is -0.503 e. The predicted molar refractivity (Wildman–Crippen MR) is 168 cm³/mol. The Hall–Kier alpha value is -5.82. The van der Waals surface area contributed by atoms with Crippen LogP contribution in [0.3, 0.4) is 0 Å². The summed E-state index contributed by atoms with van der Waals surface area (Å²) in [7, 11) is 1.39. The van der Waals surface area contributed by atoms with Crippen LogP contribution in [0.25, 0.3) is 28.3 Å². The zero-order chi connectivity index (χ0) is 32.6. The molecule has 0 atom stereocenters. The first-order valence-corrected chi connectivity index (χ1v) is 14.4. The van der Waals surface area contributed by atoms with E-state index in [1.54, 1.807) is 23.8 Å². The number of rotatable bonds is 9. The number of nitriles is 2. The van der Waals surface area contributed by atoms with Crippen molar-refractivity contribution in [3.63, 3.8) is 0 Å². The fraction of sp³-hybridized carbons (Fsp3) is 0.206. The number of hydrogen-bond donors (Lipinski definition) is 4. The van der Waals surface area contributed by atoms with E-state index < -0.39 is 11.7 Å². The molecule has 0 radical (unpaired) electrons. The molecular formula is C34H30FN7O4. The lowest BCUT2D eigenvalue weighted by molar-refractivity contribution is -0.124. The van der Waals surface area contributed by atoms with Crippen LogP contribution in [-0.2, 0) is 11.3 Å². The Kier molecular flexibility index (Phi) is 9.83. The number of anilines is 1. The van der Waals surface area contributed by atoms with Gasteiger partial charge in [0.1, 0.15) is 29.3 Å². The van der Waals surface area contributed by atoms with Gasteiger partial charge in [-0.15, -0.1) is 0 Å². The van der Waals surface area contributed by atoms with E-state index in [1.807, 2.05) is 35.2 Å². The number of ether oxygens (including phenoxy) is 1. The van der Waals surface area contributed by atoms with Gasteiger partial charge in [0.05, 0.1) is 12.7 Å². The first-order chi connectivity index (χ1) is 22.3. The van der Waals surface area contributed by atoms with Gasteiger partial charge < -0.3 is 20.1 Å². The molecule has 3 heterocycles. The molecule has 232 valence electrons. The monoisotopic (exact) mass is 619 g/mol. The number of aromatic hydroxyl groups is 1. The maximum Gasteiger partial charge on any atom is 0.267 e. The number of halogens is 1. The lowest BCUT2D eigenvalue weighted by atomic mass is 9.91. The van der Waals surface area contributed by atoms with E-state index >= 15 is 0 Å². The molecule has 0 unspecified atom stereocenters. The highest BCUT2D eigenvalue weighted by molar-refractivity contribution is 5.91. The molecule has 4 N–H and O–H groups in total. The van der Waals surface area contributed by atoms with Crippen LogP contribution in [0.2, 0.25) is 0 Å². The molecule has 4 aromatic rings.